The summed E-state index contributed by atoms with van der Waals surface area (Å²) in [6, 6.07) is 7.82. The highest BCUT2D eigenvalue weighted by molar-refractivity contribution is 7.89. The van der Waals surface area contributed by atoms with Crippen molar-refractivity contribution in [1.82, 2.24) is 4.31 Å². The maximum atomic E-state index is 12.7. The molecule has 2 heterocycles. The van der Waals surface area contributed by atoms with Gasteiger partial charge in [-0.25, -0.2) is 8.42 Å². The molecule has 3 rings (SSSR count). The van der Waals surface area contributed by atoms with Gasteiger partial charge in [-0.2, -0.15) is 9.57 Å². The summed E-state index contributed by atoms with van der Waals surface area (Å²) in [6.45, 7) is 1.56. The molecule has 1 aromatic rings. The number of nitrogens with zero attached hydrogens (tertiary/aromatic N) is 2. The second-order valence-corrected chi connectivity index (χ2v) is 8.52. The smallest absolute Gasteiger partial charge is 0.309 e. The number of hydrogen-bond acceptors (Lipinski definition) is 6. The van der Waals surface area contributed by atoms with Gasteiger partial charge in [0, 0.05) is 19.7 Å². The standard InChI is InChI=1S/C18H22N2O5S/c19-12-14-3-5-17(6-4-14)26(22,23)20-9-7-15(8-10-20)18(21)25-13-16-2-1-11-24-16/h3-6,15-16H,1-2,7-11,13H2/t16-/m0/s1. The first-order chi connectivity index (χ1) is 12.5. The Bertz CT molecular complexity index is 771. The van der Waals surface area contributed by atoms with Crippen molar-refractivity contribution >= 4 is 16.0 Å². The monoisotopic (exact) mass is 378 g/mol. The van der Waals surface area contributed by atoms with Crippen LogP contribution in [0.1, 0.15) is 31.2 Å². The van der Waals surface area contributed by atoms with Crippen LogP contribution in [0.3, 0.4) is 0 Å². The fraction of sp³-hybridized carbons (Fsp3) is 0.556. The van der Waals surface area contributed by atoms with Crippen LogP contribution in [-0.2, 0) is 24.3 Å². The largest absolute Gasteiger partial charge is 0.463 e. The number of carbonyl (C=O) groups is 1. The van der Waals surface area contributed by atoms with E-state index in [4.69, 9.17) is 14.7 Å². The summed E-state index contributed by atoms with van der Waals surface area (Å²) < 4.78 is 37.5. The summed E-state index contributed by atoms with van der Waals surface area (Å²) in [5, 5.41) is 8.81. The molecule has 2 saturated heterocycles. The van der Waals surface area contributed by atoms with Crippen molar-refractivity contribution in [2.45, 2.75) is 36.7 Å². The van der Waals surface area contributed by atoms with E-state index in [1.54, 1.807) is 0 Å². The van der Waals surface area contributed by atoms with Gasteiger partial charge in [-0.3, -0.25) is 4.79 Å². The van der Waals surface area contributed by atoms with E-state index in [2.05, 4.69) is 0 Å². The molecule has 1 aromatic carbocycles. The van der Waals surface area contributed by atoms with Gasteiger partial charge in [0.15, 0.2) is 0 Å². The van der Waals surface area contributed by atoms with Gasteiger partial charge in [-0.1, -0.05) is 0 Å². The Labute approximate surface area is 153 Å². The summed E-state index contributed by atoms with van der Waals surface area (Å²) in [5.41, 5.74) is 0.414. The van der Waals surface area contributed by atoms with Gasteiger partial charge in [-0.15, -0.1) is 0 Å². The van der Waals surface area contributed by atoms with Gasteiger partial charge in [0.25, 0.3) is 0 Å². The maximum Gasteiger partial charge on any atom is 0.309 e. The first-order valence-corrected chi connectivity index (χ1v) is 10.2. The number of sulfonamides is 1. The SMILES string of the molecule is N#Cc1ccc(S(=O)(=O)N2CCC(C(=O)OC[C@@H]3CCCO3)CC2)cc1. The average Bonchev–Trinajstić information content (AvgIpc) is 3.20. The first kappa shape index (κ1) is 18.8. The average molecular weight is 378 g/mol. The van der Waals surface area contributed by atoms with Gasteiger partial charge >= 0.3 is 5.97 Å². The molecule has 0 bridgehead atoms. The summed E-state index contributed by atoms with van der Waals surface area (Å²) in [7, 11) is -3.61. The third-order valence-electron chi connectivity index (χ3n) is 4.84. The Balaban J connectivity index is 1.53. The molecule has 1 atom stereocenters. The van der Waals surface area contributed by atoms with E-state index in [9.17, 15) is 13.2 Å². The fourth-order valence-electron chi connectivity index (χ4n) is 3.25. The third-order valence-corrected chi connectivity index (χ3v) is 6.76. The van der Waals surface area contributed by atoms with Crippen molar-refractivity contribution < 1.29 is 22.7 Å². The molecule has 2 aliphatic rings. The second-order valence-electron chi connectivity index (χ2n) is 6.58. The molecule has 8 heteroatoms. The summed E-state index contributed by atoms with van der Waals surface area (Å²) in [4.78, 5) is 12.3. The van der Waals surface area contributed by atoms with Gasteiger partial charge in [0.05, 0.1) is 28.6 Å². The van der Waals surface area contributed by atoms with Crippen LogP contribution in [0.5, 0.6) is 0 Å². The van der Waals surface area contributed by atoms with Crippen LogP contribution >= 0.6 is 0 Å². The number of piperidine rings is 1. The van der Waals surface area contributed by atoms with Crippen molar-refractivity contribution in [1.29, 1.82) is 5.26 Å². The number of esters is 1. The highest BCUT2D eigenvalue weighted by Crippen LogP contribution is 2.25. The molecule has 0 aliphatic carbocycles. The second kappa shape index (κ2) is 8.16. The van der Waals surface area contributed by atoms with Crippen molar-refractivity contribution in [2.24, 2.45) is 5.92 Å². The number of benzene rings is 1. The summed E-state index contributed by atoms with van der Waals surface area (Å²) in [6.07, 6.45) is 2.79. The zero-order valence-electron chi connectivity index (χ0n) is 14.5. The van der Waals surface area contributed by atoms with E-state index in [-0.39, 0.29) is 42.6 Å². The molecule has 26 heavy (non-hydrogen) atoms. The van der Waals surface area contributed by atoms with Crippen molar-refractivity contribution in [3.63, 3.8) is 0 Å². The first-order valence-electron chi connectivity index (χ1n) is 8.79. The molecule has 0 saturated carbocycles. The van der Waals surface area contributed by atoms with E-state index >= 15 is 0 Å². The predicted octanol–water partition coefficient (Wildman–Crippen LogP) is 1.68. The number of carbonyl (C=O) groups excluding carboxylic acids is 1. The van der Waals surface area contributed by atoms with Crippen LogP contribution in [0.2, 0.25) is 0 Å². The van der Waals surface area contributed by atoms with Crippen LogP contribution in [0, 0.1) is 17.2 Å². The molecule has 0 aromatic heterocycles. The number of ether oxygens (including phenoxy) is 2. The van der Waals surface area contributed by atoms with Crippen LogP contribution in [0.15, 0.2) is 29.2 Å². The lowest BCUT2D eigenvalue weighted by molar-refractivity contribution is -0.153. The van der Waals surface area contributed by atoms with Gasteiger partial charge in [-0.05, 0) is 49.9 Å². The van der Waals surface area contributed by atoms with Gasteiger partial charge < -0.3 is 9.47 Å². The molecular formula is C18H22N2O5S. The highest BCUT2D eigenvalue weighted by atomic mass is 32.2. The zero-order chi connectivity index (χ0) is 18.6. The normalized spacial score (nSPS) is 22.0. The molecule has 0 radical (unpaired) electrons. The third kappa shape index (κ3) is 4.23. The Morgan fingerprint density at radius 1 is 1.23 bits per heavy atom. The van der Waals surface area contributed by atoms with E-state index in [0.717, 1.165) is 12.8 Å². The molecule has 0 unspecified atom stereocenters. The van der Waals surface area contributed by atoms with Crippen LogP contribution < -0.4 is 0 Å². The van der Waals surface area contributed by atoms with Gasteiger partial charge in [0.1, 0.15) is 6.61 Å². The molecule has 7 nitrogen and oxygen atoms in total. The topological polar surface area (TPSA) is 96.7 Å². The molecule has 140 valence electrons. The number of hydrogen-bond donors (Lipinski definition) is 0. The predicted molar refractivity (Wildman–Crippen MR) is 92.6 cm³/mol. The Morgan fingerprint density at radius 2 is 1.92 bits per heavy atom. The zero-order valence-corrected chi connectivity index (χ0v) is 15.3. The highest BCUT2D eigenvalue weighted by Gasteiger charge is 2.33. The Hall–Kier alpha value is -1.95. The maximum absolute atomic E-state index is 12.7. The molecule has 0 amide bonds. The van der Waals surface area contributed by atoms with E-state index in [1.807, 2.05) is 6.07 Å². The van der Waals surface area contributed by atoms with Crippen molar-refractivity contribution in [3.8, 4) is 6.07 Å². The number of nitriles is 1. The van der Waals surface area contributed by atoms with Crippen LogP contribution in [0.4, 0.5) is 0 Å². The quantitative estimate of drug-likeness (QED) is 0.723. The van der Waals surface area contributed by atoms with E-state index < -0.39 is 10.0 Å². The molecular weight excluding hydrogens is 356 g/mol. The van der Waals surface area contributed by atoms with E-state index in [0.29, 0.717) is 25.0 Å². The van der Waals surface area contributed by atoms with Crippen LogP contribution in [-0.4, -0.2) is 51.1 Å². The Kier molecular flexibility index (Phi) is 5.91. The number of rotatable bonds is 5. The lowest BCUT2D eigenvalue weighted by Crippen LogP contribution is -2.40. The van der Waals surface area contributed by atoms with Crippen LogP contribution in [0.25, 0.3) is 0 Å². The Morgan fingerprint density at radius 3 is 2.50 bits per heavy atom. The minimum atomic E-state index is -3.61. The summed E-state index contributed by atoms with van der Waals surface area (Å²) >= 11 is 0. The fourth-order valence-corrected chi connectivity index (χ4v) is 4.72. The van der Waals surface area contributed by atoms with Crippen molar-refractivity contribution in [2.75, 3.05) is 26.3 Å². The molecule has 2 fully saturated rings. The summed E-state index contributed by atoms with van der Waals surface area (Å²) in [5.74, 6) is -0.542. The van der Waals surface area contributed by atoms with Gasteiger partial charge in [0.2, 0.25) is 10.0 Å². The molecule has 0 spiro atoms. The molecule has 0 N–H and O–H groups in total. The lowest BCUT2D eigenvalue weighted by atomic mass is 9.98. The molecule has 2 aliphatic heterocycles. The minimum Gasteiger partial charge on any atom is -0.463 e. The minimum absolute atomic E-state index is 0.00389. The van der Waals surface area contributed by atoms with Crippen molar-refractivity contribution in [3.05, 3.63) is 29.8 Å². The van der Waals surface area contributed by atoms with E-state index in [1.165, 1.54) is 28.6 Å². The lowest BCUT2D eigenvalue weighted by Gasteiger charge is -2.30.